The summed E-state index contributed by atoms with van der Waals surface area (Å²) in [6.07, 6.45) is 8.05. The maximum Gasteiger partial charge on any atom is 0.136 e. The fourth-order valence-corrected chi connectivity index (χ4v) is 1.47. The predicted molar refractivity (Wildman–Crippen MR) is 48.5 cm³/mol. The molecule has 0 unspecified atom stereocenters. The van der Waals surface area contributed by atoms with E-state index in [9.17, 15) is 0 Å². The van der Waals surface area contributed by atoms with Gasteiger partial charge in [0, 0.05) is 5.57 Å². The minimum absolute atomic E-state index is 0.918. The molecule has 0 atom stereocenters. The molecule has 0 saturated carbocycles. The van der Waals surface area contributed by atoms with Gasteiger partial charge in [0.2, 0.25) is 0 Å². The molecule has 61 valence electrons. The summed E-state index contributed by atoms with van der Waals surface area (Å²) in [4.78, 5) is 0. The summed E-state index contributed by atoms with van der Waals surface area (Å²) in [5.74, 6) is 0.998. The number of rotatable bonds is 1. The summed E-state index contributed by atoms with van der Waals surface area (Å²) < 4.78 is 5.39. The Morgan fingerprint density at radius 3 is 2.75 bits per heavy atom. The Balaban J connectivity index is 2.44. The van der Waals surface area contributed by atoms with Crippen LogP contribution >= 0.6 is 0 Å². The summed E-state index contributed by atoms with van der Waals surface area (Å²) in [7, 11) is 0. The Morgan fingerprint density at radius 1 is 1.42 bits per heavy atom. The highest BCUT2D eigenvalue weighted by molar-refractivity contribution is 5.78. The zero-order valence-corrected chi connectivity index (χ0v) is 7.35. The lowest BCUT2D eigenvalue weighted by atomic mass is 10.1. The third kappa shape index (κ3) is 1.02. The first kappa shape index (κ1) is 7.41. The number of hydrogen-bond donors (Lipinski definition) is 0. The minimum atomic E-state index is 0.918. The summed E-state index contributed by atoms with van der Waals surface area (Å²) in [6, 6.07) is 1.99. The average Bonchev–Trinajstić information content (AvgIpc) is 2.59. The van der Waals surface area contributed by atoms with Gasteiger partial charge in [-0.15, -0.1) is 0 Å². The van der Waals surface area contributed by atoms with Crippen LogP contribution in [0.5, 0.6) is 0 Å². The van der Waals surface area contributed by atoms with Crippen LogP contribution in [0.1, 0.15) is 24.7 Å². The quantitative estimate of drug-likeness (QED) is 0.613. The fourth-order valence-electron chi connectivity index (χ4n) is 1.47. The highest BCUT2D eigenvalue weighted by Crippen LogP contribution is 2.30. The molecule has 1 heteroatoms. The minimum Gasteiger partial charge on any atom is -0.464 e. The molecule has 1 aromatic heterocycles. The lowest BCUT2D eigenvalue weighted by Crippen LogP contribution is -1.82. The van der Waals surface area contributed by atoms with Crippen molar-refractivity contribution >= 4 is 5.57 Å². The van der Waals surface area contributed by atoms with Crippen molar-refractivity contribution in [2.24, 2.45) is 0 Å². The van der Waals surface area contributed by atoms with Crippen LogP contribution in [0.3, 0.4) is 0 Å². The highest BCUT2D eigenvalue weighted by atomic mass is 16.3. The zero-order valence-electron chi connectivity index (χ0n) is 7.35. The normalized spacial score (nSPS) is 16.2. The SMILES string of the molecule is CC1=[C]CC=C1c1occc1C. The molecule has 1 radical (unpaired) electrons. The van der Waals surface area contributed by atoms with Crippen LogP contribution in [0.2, 0.25) is 0 Å². The Labute approximate surface area is 72.4 Å². The van der Waals surface area contributed by atoms with Crippen LogP contribution < -0.4 is 0 Å². The summed E-state index contributed by atoms with van der Waals surface area (Å²) >= 11 is 0. The van der Waals surface area contributed by atoms with Crippen LogP contribution in [0.4, 0.5) is 0 Å². The van der Waals surface area contributed by atoms with Crippen molar-refractivity contribution < 1.29 is 4.42 Å². The van der Waals surface area contributed by atoms with Gasteiger partial charge in [0.25, 0.3) is 0 Å². The molecule has 0 spiro atoms. The Morgan fingerprint density at radius 2 is 2.25 bits per heavy atom. The monoisotopic (exact) mass is 159 g/mol. The second kappa shape index (κ2) is 2.67. The lowest BCUT2D eigenvalue weighted by molar-refractivity contribution is 0.551. The van der Waals surface area contributed by atoms with E-state index in [1.54, 1.807) is 6.26 Å². The first-order valence-electron chi connectivity index (χ1n) is 4.11. The van der Waals surface area contributed by atoms with Crippen LogP contribution in [0.15, 0.2) is 28.4 Å². The van der Waals surface area contributed by atoms with Gasteiger partial charge in [-0.3, -0.25) is 0 Å². The van der Waals surface area contributed by atoms with E-state index in [1.165, 1.54) is 16.7 Å². The van der Waals surface area contributed by atoms with Crippen molar-refractivity contribution in [3.05, 3.63) is 41.4 Å². The third-order valence-corrected chi connectivity index (χ3v) is 2.18. The molecule has 0 fully saturated rings. The molecule has 1 nitrogen and oxygen atoms in total. The van der Waals surface area contributed by atoms with E-state index in [0.717, 1.165) is 12.2 Å². The highest BCUT2D eigenvalue weighted by Gasteiger charge is 2.13. The lowest BCUT2D eigenvalue weighted by Gasteiger charge is -2.00. The van der Waals surface area contributed by atoms with Crippen molar-refractivity contribution in [3.8, 4) is 0 Å². The Bertz CT molecular complexity index is 353. The van der Waals surface area contributed by atoms with Gasteiger partial charge in [-0.2, -0.15) is 0 Å². The van der Waals surface area contributed by atoms with E-state index in [2.05, 4.69) is 26.0 Å². The van der Waals surface area contributed by atoms with Gasteiger partial charge in [-0.05, 0) is 43.5 Å². The fraction of sp³-hybridized carbons (Fsp3) is 0.273. The van der Waals surface area contributed by atoms with E-state index in [0.29, 0.717) is 0 Å². The third-order valence-electron chi connectivity index (χ3n) is 2.18. The van der Waals surface area contributed by atoms with E-state index < -0.39 is 0 Å². The van der Waals surface area contributed by atoms with Crippen molar-refractivity contribution in [2.45, 2.75) is 20.3 Å². The van der Waals surface area contributed by atoms with Crippen LogP contribution in [-0.4, -0.2) is 0 Å². The molecular weight excluding hydrogens is 148 g/mol. The second-order valence-electron chi connectivity index (χ2n) is 3.06. The molecule has 0 saturated heterocycles. The van der Waals surface area contributed by atoms with Gasteiger partial charge in [-0.25, -0.2) is 0 Å². The number of aryl methyl sites for hydroxylation is 1. The molecule has 1 heterocycles. The first-order chi connectivity index (χ1) is 5.79. The molecule has 1 aliphatic rings. The maximum absolute atomic E-state index is 5.39. The zero-order chi connectivity index (χ0) is 8.55. The Hall–Kier alpha value is -1.24. The van der Waals surface area contributed by atoms with E-state index in [4.69, 9.17) is 4.42 Å². The number of allylic oxidation sites excluding steroid dienone is 4. The van der Waals surface area contributed by atoms with Crippen molar-refractivity contribution in [1.82, 2.24) is 0 Å². The molecule has 2 rings (SSSR count). The van der Waals surface area contributed by atoms with Gasteiger partial charge in [0.05, 0.1) is 6.26 Å². The smallest absolute Gasteiger partial charge is 0.136 e. The average molecular weight is 159 g/mol. The molecule has 0 amide bonds. The molecule has 1 aliphatic carbocycles. The molecule has 1 aromatic rings. The van der Waals surface area contributed by atoms with E-state index in [-0.39, 0.29) is 0 Å². The maximum atomic E-state index is 5.39. The van der Waals surface area contributed by atoms with Gasteiger partial charge < -0.3 is 4.42 Å². The Kier molecular flexibility index (Phi) is 1.65. The van der Waals surface area contributed by atoms with Gasteiger partial charge >= 0.3 is 0 Å². The van der Waals surface area contributed by atoms with Crippen LogP contribution in [-0.2, 0) is 0 Å². The molecular formula is C11H11O. The van der Waals surface area contributed by atoms with Gasteiger partial charge in [0.15, 0.2) is 0 Å². The predicted octanol–water partition coefficient (Wildman–Crippen LogP) is 3.12. The van der Waals surface area contributed by atoms with Crippen molar-refractivity contribution in [3.63, 3.8) is 0 Å². The van der Waals surface area contributed by atoms with Crippen molar-refractivity contribution in [2.75, 3.05) is 0 Å². The number of furan rings is 1. The molecule has 0 N–H and O–H groups in total. The number of hydrogen-bond acceptors (Lipinski definition) is 1. The van der Waals surface area contributed by atoms with Crippen molar-refractivity contribution in [1.29, 1.82) is 0 Å². The molecule has 12 heavy (non-hydrogen) atoms. The summed E-state index contributed by atoms with van der Waals surface area (Å²) in [6.45, 7) is 4.13. The molecule has 0 aromatic carbocycles. The summed E-state index contributed by atoms with van der Waals surface area (Å²) in [5.41, 5.74) is 3.61. The molecule has 0 aliphatic heterocycles. The van der Waals surface area contributed by atoms with Crippen LogP contribution in [0.25, 0.3) is 5.57 Å². The first-order valence-corrected chi connectivity index (χ1v) is 4.11. The standard InChI is InChI=1S/C11H11O/c1-8-4-3-5-10(8)11-9(2)6-7-12-11/h5-7H,3H2,1-2H3. The topological polar surface area (TPSA) is 13.1 Å². The van der Waals surface area contributed by atoms with Crippen LogP contribution in [0, 0.1) is 13.0 Å². The van der Waals surface area contributed by atoms with E-state index in [1.807, 2.05) is 6.07 Å². The summed E-state index contributed by atoms with van der Waals surface area (Å²) in [5, 5.41) is 0. The van der Waals surface area contributed by atoms with Gasteiger partial charge in [-0.1, -0.05) is 6.08 Å². The second-order valence-corrected chi connectivity index (χ2v) is 3.06. The van der Waals surface area contributed by atoms with Gasteiger partial charge in [0.1, 0.15) is 5.76 Å². The molecule has 0 bridgehead atoms. The van der Waals surface area contributed by atoms with E-state index >= 15 is 0 Å². The largest absolute Gasteiger partial charge is 0.464 e.